The molecule has 0 aliphatic carbocycles. The van der Waals surface area contributed by atoms with Gasteiger partial charge in [0.05, 0.1) is 12.3 Å². The molecule has 1 unspecified atom stereocenters. The summed E-state index contributed by atoms with van der Waals surface area (Å²) in [5, 5.41) is 16.5. The highest BCUT2D eigenvalue weighted by Crippen LogP contribution is 2.15. The van der Waals surface area contributed by atoms with Crippen molar-refractivity contribution >= 4 is 5.91 Å². The fourth-order valence-electron chi connectivity index (χ4n) is 2.01. The lowest BCUT2D eigenvalue weighted by Gasteiger charge is -2.12. The highest BCUT2D eigenvalue weighted by Gasteiger charge is 2.13. The number of amides is 1. The lowest BCUT2D eigenvalue weighted by atomic mass is 10.1. The molecule has 2 aromatic rings. The molecule has 1 atom stereocenters. The van der Waals surface area contributed by atoms with Crippen molar-refractivity contribution in [1.29, 1.82) is 0 Å². The van der Waals surface area contributed by atoms with Crippen LogP contribution in [-0.4, -0.2) is 27.3 Å². The van der Waals surface area contributed by atoms with Crippen molar-refractivity contribution in [2.24, 2.45) is 7.05 Å². The van der Waals surface area contributed by atoms with Crippen molar-refractivity contribution in [2.45, 2.75) is 18.9 Å². The summed E-state index contributed by atoms with van der Waals surface area (Å²) in [5.74, 6) is -0.663. The number of carbonyl (C=O) groups is 1. The van der Waals surface area contributed by atoms with Crippen LogP contribution in [0.15, 0.2) is 36.7 Å². The predicted octanol–water partition coefficient (Wildman–Crippen LogP) is 1.34. The van der Waals surface area contributed by atoms with Crippen LogP contribution in [-0.2, 0) is 18.3 Å². The van der Waals surface area contributed by atoms with Crippen LogP contribution in [0.25, 0.3) is 0 Å². The van der Waals surface area contributed by atoms with E-state index in [0.29, 0.717) is 12.8 Å². The molecule has 1 heterocycles. The van der Waals surface area contributed by atoms with Crippen molar-refractivity contribution in [2.75, 3.05) is 6.54 Å². The molecule has 0 aliphatic heterocycles. The van der Waals surface area contributed by atoms with Crippen molar-refractivity contribution in [1.82, 2.24) is 15.1 Å². The van der Waals surface area contributed by atoms with Gasteiger partial charge in [0.25, 0.3) is 0 Å². The fourth-order valence-corrected chi connectivity index (χ4v) is 2.01. The zero-order valence-corrected chi connectivity index (χ0v) is 11.8. The third-order valence-electron chi connectivity index (χ3n) is 3.16. The summed E-state index contributed by atoms with van der Waals surface area (Å²) in [4.78, 5) is 11.7. The molecule has 1 amide bonds. The summed E-state index contributed by atoms with van der Waals surface area (Å²) < 4.78 is 15.1. The number of halogens is 1. The number of hydrogen-bond donors (Lipinski definition) is 2. The van der Waals surface area contributed by atoms with Crippen LogP contribution < -0.4 is 5.32 Å². The number of nitrogens with one attached hydrogen (secondary N) is 1. The Morgan fingerprint density at radius 1 is 1.48 bits per heavy atom. The van der Waals surface area contributed by atoms with Gasteiger partial charge in [-0.1, -0.05) is 18.2 Å². The van der Waals surface area contributed by atoms with Gasteiger partial charge in [-0.25, -0.2) is 4.39 Å². The first kappa shape index (κ1) is 15.2. The maximum absolute atomic E-state index is 13.5. The minimum Gasteiger partial charge on any atom is -0.386 e. The summed E-state index contributed by atoms with van der Waals surface area (Å²) in [6.07, 6.45) is 3.39. The summed E-state index contributed by atoms with van der Waals surface area (Å²) in [6.45, 7) is -0.00714. The van der Waals surface area contributed by atoms with Crippen molar-refractivity contribution < 1.29 is 14.3 Å². The molecule has 0 spiro atoms. The maximum Gasteiger partial charge on any atom is 0.220 e. The molecule has 0 saturated heterocycles. The highest BCUT2D eigenvalue weighted by molar-refractivity contribution is 5.76. The average Bonchev–Trinajstić information content (AvgIpc) is 2.89. The molecule has 0 saturated carbocycles. The van der Waals surface area contributed by atoms with Crippen LogP contribution in [0.5, 0.6) is 0 Å². The van der Waals surface area contributed by atoms with E-state index < -0.39 is 11.9 Å². The van der Waals surface area contributed by atoms with E-state index >= 15 is 0 Å². The van der Waals surface area contributed by atoms with E-state index in [9.17, 15) is 14.3 Å². The number of rotatable bonds is 6. The number of benzene rings is 1. The SMILES string of the molecule is Cn1cc(CCC(=O)NCC(O)c2ccccc2F)cn1. The molecular formula is C15H18FN3O2. The maximum atomic E-state index is 13.5. The Balaban J connectivity index is 1.77. The van der Waals surface area contributed by atoms with Gasteiger partial charge in [-0.15, -0.1) is 0 Å². The van der Waals surface area contributed by atoms with Gasteiger partial charge < -0.3 is 10.4 Å². The zero-order chi connectivity index (χ0) is 15.2. The Morgan fingerprint density at radius 2 is 2.24 bits per heavy atom. The quantitative estimate of drug-likeness (QED) is 0.844. The Bertz CT molecular complexity index is 612. The molecule has 2 N–H and O–H groups in total. The smallest absolute Gasteiger partial charge is 0.220 e. The number of hydrogen-bond acceptors (Lipinski definition) is 3. The second kappa shape index (κ2) is 6.99. The zero-order valence-electron chi connectivity index (χ0n) is 11.8. The molecule has 112 valence electrons. The van der Waals surface area contributed by atoms with E-state index in [4.69, 9.17) is 0 Å². The first-order valence-corrected chi connectivity index (χ1v) is 6.73. The molecule has 21 heavy (non-hydrogen) atoms. The van der Waals surface area contributed by atoms with Gasteiger partial charge in [0, 0.05) is 31.8 Å². The molecular weight excluding hydrogens is 273 g/mol. The molecule has 0 bridgehead atoms. The first-order chi connectivity index (χ1) is 10.1. The lowest BCUT2D eigenvalue weighted by Crippen LogP contribution is -2.28. The van der Waals surface area contributed by atoms with Crippen molar-refractivity contribution in [3.8, 4) is 0 Å². The Morgan fingerprint density at radius 3 is 2.90 bits per heavy atom. The minimum absolute atomic E-state index is 0.00714. The molecule has 0 fully saturated rings. The first-order valence-electron chi connectivity index (χ1n) is 6.73. The summed E-state index contributed by atoms with van der Waals surface area (Å²) >= 11 is 0. The van der Waals surface area contributed by atoms with E-state index in [-0.39, 0.29) is 18.0 Å². The van der Waals surface area contributed by atoms with Crippen molar-refractivity contribution in [3.63, 3.8) is 0 Å². The van der Waals surface area contributed by atoms with Crippen LogP contribution >= 0.6 is 0 Å². The monoisotopic (exact) mass is 291 g/mol. The fraction of sp³-hybridized carbons (Fsp3) is 0.333. The second-order valence-corrected chi connectivity index (χ2v) is 4.86. The van der Waals surface area contributed by atoms with E-state index in [1.165, 1.54) is 12.1 Å². The molecule has 2 rings (SSSR count). The Labute approximate surface area is 122 Å². The summed E-state index contributed by atoms with van der Waals surface area (Å²) in [5.41, 5.74) is 1.16. The number of aliphatic hydroxyl groups excluding tert-OH is 1. The van der Waals surface area contributed by atoms with Gasteiger partial charge >= 0.3 is 0 Å². The van der Waals surface area contributed by atoms with Gasteiger partial charge in [-0.05, 0) is 18.1 Å². The number of aryl methyl sites for hydroxylation is 2. The van der Waals surface area contributed by atoms with E-state index in [1.807, 2.05) is 13.2 Å². The second-order valence-electron chi connectivity index (χ2n) is 4.86. The molecule has 1 aromatic carbocycles. The van der Waals surface area contributed by atoms with E-state index in [1.54, 1.807) is 23.0 Å². The molecule has 6 heteroatoms. The van der Waals surface area contributed by atoms with Gasteiger partial charge in [0.2, 0.25) is 5.91 Å². The van der Waals surface area contributed by atoms with Crippen LogP contribution in [0.1, 0.15) is 23.7 Å². The van der Waals surface area contributed by atoms with Gasteiger partial charge in [0.15, 0.2) is 0 Å². The molecule has 0 aliphatic rings. The van der Waals surface area contributed by atoms with Crippen LogP contribution in [0.3, 0.4) is 0 Å². The lowest BCUT2D eigenvalue weighted by molar-refractivity contribution is -0.121. The minimum atomic E-state index is -1.05. The summed E-state index contributed by atoms with van der Waals surface area (Å²) in [6, 6.07) is 5.98. The normalized spacial score (nSPS) is 12.1. The van der Waals surface area contributed by atoms with Gasteiger partial charge in [0.1, 0.15) is 5.82 Å². The number of aromatic nitrogens is 2. The third-order valence-corrected chi connectivity index (χ3v) is 3.16. The Kier molecular flexibility index (Phi) is 5.05. The van der Waals surface area contributed by atoms with Crippen molar-refractivity contribution in [3.05, 3.63) is 53.6 Å². The average molecular weight is 291 g/mol. The topological polar surface area (TPSA) is 67.2 Å². The third kappa shape index (κ3) is 4.39. The van der Waals surface area contributed by atoms with Crippen LogP contribution in [0.4, 0.5) is 4.39 Å². The van der Waals surface area contributed by atoms with E-state index in [0.717, 1.165) is 5.56 Å². The van der Waals surface area contributed by atoms with Crippen LogP contribution in [0.2, 0.25) is 0 Å². The van der Waals surface area contributed by atoms with Gasteiger partial charge in [-0.3, -0.25) is 9.48 Å². The molecule has 5 nitrogen and oxygen atoms in total. The molecule has 0 radical (unpaired) electrons. The number of aliphatic hydroxyl groups is 1. The standard InChI is InChI=1S/C15H18FN3O2/c1-19-10-11(8-18-19)6-7-15(21)17-9-14(20)12-4-2-3-5-13(12)16/h2-5,8,10,14,20H,6-7,9H2,1H3,(H,17,21). The number of carbonyl (C=O) groups excluding carboxylic acids is 1. The predicted molar refractivity (Wildman–Crippen MR) is 75.9 cm³/mol. The summed E-state index contributed by atoms with van der Waals surface area (Å²) in [7, 11) is 1.81. The number of nitrogens with zero attached hydrogens (tertiary/aromatic N) is 2. The van der Waals surface area contributed by atoms with E-state index in [2.05, 4.69) is 10.4 Å². The molecule has 1 aromatic heterocycles. The van der Waals surface area contributed by atoms with Crippen LogP contribution in [0, 0.1) is 5.82 Å². The highest BCUT2D eigenvalue weighted by atomic mass is 19.1. The Hall–Kier alpha value is -2.21. The largest absolute Gasteiger partial charge is 0.386 e. The van der Waals surface area contributed by atoms with Gasteiger partial charge in [-0.2, -0.15) is 5.10 Å².